The van der Waals surface area contributed by atoms with Crippen LogP contribution in [-0.2, 0) is 9.63 Å². The number of hydrogen-bond donors (Lipinski definition) is 1. The molecule has 1 N–H and O–H groups in total. The summed E-state index contributed by atoms with van der Waals surface area (Å²) < 4.78 is 0. The van der Waals surface area contributed by atoms with Gasteiger partial charge >= 0.3 is 0 Å². The van der Waals surface area contributed by atoms with Gasteiger partial charge in [0.25, 0.3) is 5.91 Å². The number of carbonyl (C=O) groups is 1. The highest BCUT2D eigenvalue weighted by Gasteiger charge is 2.03. The fourth-order valence-electron chi connectivity index (χ4n) is 1.99. The Labute approximate surface area is 137 Å². The molecule has 0 unspecified atom stereocenters. The lowest BCUT2D eigenvalue weighted by molar-refractivity contribution is -0.120. The summed E-state index contributed by atoms with van der Waals surface area (Å²) in [5, 5.41) is 6.58. The highest BCUT2D eigenvalue weighted by Crippen LogP contribution is 2.16. The molecule has 0 saturated heterocycles. The first-order chi connectivity index (χ1) is 11.0. The summed E-state index contributed by atoms with van der Waals surface area (Å²) in [5.74, 6) is 0.238. The number of anilines is 1. The van der Waals surface area contributed by atoms with Crippen LogP contribution in [0.5, 0.6) is 0 Å². The van der Waals surface area contributed by atoms with Crippen molar-refractivity contribution in [3.05, 3.63) is 65.2 Å². The largest absolute Gasteiger partial charge is 0.386 e. The van der Waals surface area contributed by atoms with Gasteiger partial charge in [-0.1, -0.05) is 61.0 Å². The van der Waals surface area contributed by atoms with Crippen LogP contribution in [0.3, 0.4) is 0 Å². The Balaban J connectivity index is 1.77. The smallest absolute Gasteiger partial charge is 0.265 e. The molecule has 0 fully saturated rings. The van der Waals surface area contributed by atoms with Crippen LogP contribution in [0.1, 0.15) is 36.5 Å². The van der Waals surface area contributed by atoms with Gasteiger partial charge in [0.1, 0.15) is 0 Å². The van der Waals surface area contributed by atoms with Gasteiger partial charge in [-0.3, -0.25) is 4.79 Å². The predicted octanol–water partition coefficient (Wildman–Crippen LogP) is 4.11. The molecule has 0 aliphatic carbocycles. The van der Waals surface area contributed by atoms with E-state index in [2.05, 4.69) is 24.3 Å². The maximum absolute atomic E-state index is 11.8. The summed E-state index contributed by atoms with van der Waals surface area (Å²) >= 11 is 0. The Hall–Kier alpha value is -2.62. The van der Waals surface area contributed by atoms with Crippen molar-refractivity contribution in [2.45, 2.75) is 26.7 Å². The van der Waals surface area contributed by atoms with Gasteiger partial charge in [0.05, 0.1) is 6.21 Å². The van der Waals surface area contributed by atoms with Gasteiger partial charge in [0.2, 0.25) is 0 Å². The van der Waals surface area contributed by atoms with Gasteiger partial charge < -0.3 is 10.2 Å². The van der Waals surface area contributed by atoms with Crippen LogP contribution in [0.4, 0.5) is 5.69 Å². The molecule has 0 saturated carbocycles. The predicted molar refractivity (Wildman–Crippen MR) is 93.9 cm³/mol. The molecule has 0 aromatic heterocycles. The minimum Gasteiger partial charge on any atom is -0.386 e. The number of rotatable bonds is 6. The maximum Gasteiger partial charge on any atom is 0.265 e. The van der Waals surface area contributed by atoms with Gasteiger partial charge in [0, 0.05) is 5.69 Å². The number of aryl methyl sites for hydroxylation is 1. The van der Waals surface area contributed by atoms with E-state index in [9.17, 15) is 4.79 Å². The highest BCUT2D eigenvalue weighted by atomic mass is 16.6. The zero-order valence-electron chi connectivity index (χ0n) is 13.7. The summed E-state index contributed by atoms with van der Waals surface area (Å²) in [6.07, 6.45) is 1.59. The van der Waals surface area contributed by atoms with E-state index < -0.39 is 0 Å². The van der Waals surface area contributed by atoms with Gasteiger partial charge in [-0.25, -0.2) is 0 Å². The van der Waals surface area contributed by atoms with Gasteiger partial charge in [0.15, 0.2) is 6.61 Å². The topological polar surface area (TPSA) is 50.7 Å². The third-order valence-corrected chi connectivity index (χ3v) is 3.41. The Morgan fingerprint density at radius 3 is 2.39 bits per heavy atom. The van der Waals surface area contributed by atoms with Gasteiger partial charge in [-0.15, -0.1) is 0 Å². The monoisotopic (exact) mass is 310 g/mol. The number of benzene rings is 2. The van der Waals surface area contributed by atoms with E-state index in [4.69, 9.17) is 4.84 Å². The molecule has 0 aliphatic heterocycles. The second-order valence-corrected chi connectivity index (χ2v) is 5.74. The zero-order valence-corrected chi connectivity index (χ0v) is 13.7. The number of hydrogen-bond acceptors (Lipinski definition) is 3. The average molecular weight is 310 g/mol. The van der Waals surface area contributed by atoms with Crippen molar-refractivity contribution < 1.29 is 9.63 Å². The lowest BCUT2D eigenvalue weighted by atomic mass is 10.0. The number of nitrogens with zero attached hydrogens (tertiary/aromatic N) is 1. The number of nitrogens with one attached hydrogen (secondary N) is 1. The number of amides is 1. The molecule has 0 radical (unpaired) electrons. The normalized spacial score (nSPS) is 11.0. The maximum atomic E-state index is 11.8. The minimum absolute atomic E-state index is 0.117. The van der Waals surface area contributed by atoms with E-state index in [0.29, 0.717) is 5.92 Å². The van der Waals surface area contributed by atoms with Crippen molar-refractivity contribution in [2.24, 2.45) is 5.16 Å². The molecular formula is C19H22N2O2. The van der Waals surface area contributed by atoms with Crippen LogP contribution in [0.2, 0.25) is 0 Å². The molecule has 4 heteroatoms. The van der Waals surface area contributed by atoms with Crippen molar-refractivity contribution in [1.82, 2.24) is 0 Å². The van der Waals surface area contributed by atoms with E-state index in [1.165, 1.54) is 11.1 Å². The first-order valence-electron chi connectivity index (χ1n) is 7.66. The Morgan fingerprint density at radius 2 is 1.78 bits per heavy atom. The molecule has 0 spiro atoms. The van der Waals surface area contributed by atoms with E-state index in [0.717, 1.165) is 11.3 Å². The van der Waals surface area contributed by atoms with Crippen molar-refractivity contribution in [1.29, 1.82) is 0 Å². The molecular weight excluding hydrogens is 288 g/mol. The van der Waals surface area contributed by atoms with Crippen molar-refractivity contribution >= 4 is 17.8 Å². The molecule has 23 heavy (non-hydrogen) atoms. The molecule has 0 aliphatic rings. The summed E-state index contributed by atoms with van der Waals surface area (Å²) in [6.45, 7) is 6.17. The van der Waals surface area contributed by atoms with E-state index in [-0.39, 0.29) is 12.5 Å². The summed E-state index contributed by atoms with van der Waals surface area (Å²) in [5.41, 5.74) is 4.11. The van der Waals surface area contributed by atoms with Crippen LogP contribution in [-0.4, -0.2) is 18.7 Å². The van der Waals surface area contributed by atoms with E-state index in [1.807, 2.05) is 55.5 Å². The van der Waals surface area contributed by atoms with Gasteiger partial charge in [-0.2, -0.15) is 0 Å². The highest BCUT2D eigenvalue weighted by molar-refractivity contribution is 5.91. The second-order valence-electron chi connectivity index (χ2n) is 5.74. The van der Waals surface area contributed by atoms with Crippen molar-refractivity contribution in [2.75, 3.05) is 11.9 Å². The van der Waals surface area contributed by atoms with Crippen molar-refractivity contribution in [3.63, 3.8) is 0 Å². The van der Waals surface area contributed by atoms with E-state index >= 15 is 0 Å². The van der Waals surface area contributed by atoms with Gasteiger partial charge in [-0.05, 0) is 36.1 Å². The number of carbonyl (C=O) groups excluding carboxylic acids is 1. The quantitative estimate of drug-likeness (QED) is 0.645. The second kappa shape index (κ2) is 8.13. The molecule has 0 heterocycles. The number of oxime groups is 1. The molecule has 4 nitrogen and oxygen atoms in total. The van der Waals surface area contributed by atoms with Crippen LogP contribution >= 0.6 is 0 Å². The van der Waals surface area contributed by atoms with Crippen LogP contribution < -0.4 is 5.32 Å². The Bertz CT molecular complexity index is 659. The van der Waals surface area contributed by atoms with Crippen LogP contribution in [0.25, 0.3) is 0 Å². The first kappa shape index (κ1) is 16.7. The first-order valence-corrected chi connectivity index (χ1v) is 7.66. The molecule has 2 rings (SSSR count). The fraction of sp³-hybridized carbons (Fsp3) is 0.263. The summed E-state index contributed by atoms with van der Waals surface area (Å²) in [4.78, 5) is 16.8. The van der Waals surface area contributed by atoms with Crippen molar-refractivity contribution in [3.8, 4) is 0 Å². The minimum atomic E-state index is -0.233. The molecule has 0 atom stereocenters. The summed E-state index contributed by atoms with van der Waals surface area (Å²) in [6, 6.07) is 15.7. The molecule has 120 valence electrons. The van der Waals surface area contributed by atoms with Crippen LogP contribution in [0.15, 0.2) is 53.7 Å². The zero-order chi connectivity index (χ0) is 16.7. The lowest BCUT2D eigenvalue weighted by Crippen LogP contribution is -2.16. The average Bonchev–Trinajstić information content (AvgIpc) is 2.54. The molecule has 1 amide bonds. The SMILES string of the molecule is Cc1ccc(/C=N\OCC(=O)Nc2ccc(C(C)C)cc2)cc1. The Kier molecular flexibility index (Phi) is 5.92. The molecule has 2 aromatic carbocycles. The van der Waals surface area contributed by atoms with E-state index in [1.54, 1.807) is 6.21 Å². The standard InChI is InChI=1S/C19H22N2O2/c1-14(2)17-8-10-18(11-9-17)21-19(22)13-23-20-12-16-6-4-15(3)5-7-16/h4-12,14H,13H2,1-3H3,(H,21,22)/b20-12-. The lowest BCUT2D eigenvalue weighted by Gasteiger charge is -2.08. The fourth-order valence-corrected chi connectivity index (χ4v) is 1.99. The summed E-state index contributed by atoms with van der Waals surface area (Å²) in [7, 11) is 0. The molecule has 2 aromatic rings. The third-order valence-electron chi connectivity index (χ3n) is 3.41. The molecule has 0 bridgehead atoms. The van der Waals surface area contributed by atoms with Crippen LogP contribution in [0, 0.1) is 6.92 Å². The Morgan fingerprint density at radius 1 is 1.13 bits per heavy atom. The third kappa shape index (κ3) is 5.58.